The van der Waals surface area contributed by atoms with E-state index >= 15 is 0 Å². The van der Waals surface area contributed by atoms with Gasteiger partial charge in [-0.15, -0.1) is 0 Å². The summed E-state index contributed by atoms with van der Waals surface area (Å²) in [5.74, 6) is 0.574. The van der Waals surface area contributed by atoms with Crippen LogP contribution in [-0.2, 0) is 19.5 Å². The van der Waals surface area contributed by atoms with Gasteiger partial charge in [-0.3, -0.25) is 4.57 Å². The molecule has 0 amide bonds. The summed E-state index contributed by atoms with van der Waals surface area (Å²) in [5.41, 5.74) is -0.819. The molecular formula is C11H11BF3N3O. The maximum absolute atomic E-state index is 12.4. The molecule has 0 aliphatic heterocycles. The quantitative estimate of drug-likeness (QED) is 0.754. The van der Waals surface area contributed by atoms with E-state index in [0.29, 0.717) is 17.8 Å². The van der Waals surface area contributed by atoms with Crippen LogP contribution in [0.3, 0.4) is 0 Å². The SMILES string of the molecule is BCc1nn(-c2ccc(C(F)(F)F)cc2)c(=O)n1C. The van der Waals surface area contributed by atoms with Gasteiger partial charge in [0, 0.05) is 7.05 Å². The summed E-state index contributed by atoms with van der Waals surface area (Å²) in [7, 11) is 3.42. The largest absolute Gasteiger partial charge is 0.416 e. The van der Waals surface area contributed by atoms with Crippen molar-refractivity contribution in [3.8, 4) is 5.69 Å². The minimum absolute atomic E-state index is 0.313. The smallest absolute Gasteiger partial charge is 0.282 e. The predicted octanol–water partition coefficient (Wildman–Crippen LogP) is 0.723. The van der Waals surface area contributed by atoms with Crippen LogP contribution < -0.4 is 5.69 Å². The Morgan fingerprint density at radius 2 is 1.84 bits per heavy atom. The van der Waals surface area contributed by atoms with Crippen LogP contribution in [0.1, 0.15) is 11.4 Å². The maximum Gasteiger partial charge on any atom is 0.416 e. The summed E-state index contributed by atoms with van der Waals surface area (Å²) in [5, 5.41) is 4.08. The highest BCUT2D eigenvalue weighted by atomic mass is 19.4. The van der Waals surface area contributed by atoms with Gasteiger partial charge in [0.2, 0.25) is 0 Å². The minimum atomic E-state index is -4.39. The molecular weight excluding hydrogens is 258 g/mol. The van der Waals surface area contributed by atoms with E-state index < -0.39 is 11.7 Å². The van der Waals surface area contributed by atoms with Crippen LogP contribution in [0, 0.1) is 0 Å². The number of halogens is 3. The molecule has 0 N–H and O–H groups in total. The van der Waals surface area contributed by atoms with E-state index in [1.165, 1.54) is 16.7 Å². The third kappa shape index (κ3) is 2.43. The molecule has 0 aliphatic carbocycles. The Morgan fingerprint density at radius 3 is 2.26 bits per heavy atom. The molecule has 100 valence electrons. The van der Waals surface area contributed by atoms with Gasteiger partial charge >= 0.3 is 11.9 Å². The van der Waals surface area contributed by atoms with Crippen molar-refractivity contribution in [2.45, 2.75) is 12.5 Å². The van der Waals surface area contributed by atoms with Crippen LogP contribution in [0.25, 0.3) is 5.69 Å². The van der Waals surface area contributed by atoms with Gasteiger partial charge in [0.25, 0.3) is 0 Å². The maximum atomic E-state index is 12.4. The van der Waals surface area contributed by atoms with Gasteiger partial charge in [0.05, 0.1) is 11.3 Å². The Hall–Kier alpha value is -1.99. The summed E-state index contributed by atoms with van der Waals surface area (Å²) < 4.78 is 39.8. The predicted molar refractivity (Wildman–Crippen MR) is 66.1 cm³/mol. The monoisotopic (exact) mass is 269 g/mol. The van der Waals surface area contributed by atoms with Crippen LogP contribution >= 0.6 is 0 Å². The summed E-state index contributed by atoms with van der Waals surface area (Å²) in [6, 6.07) is 4.33. The molecule has 8 heteroatoms. The van der Waals surface area contributed by atoms with Crippen molar-refractivity contribution in [2.75, 3.05) is 0 Å². The Labute approximate surface area is 107 Å². The first-order valence-corrected chi connectivity index (χ1v) is 5.67. The molecule has 0 bridgehead atoms. The van der Waals surface area contributed by atoms with Crippen LogP contribution in [-0.4, -0.2) is 22.2 Å². The van der Waals surface area contributed by atoms with E-state index in [1.54, 1.807) is 7.05 Å². The number of rotatable bonds is 2. The lowest BCUT2D eigenvalue weighted by Gasteiger charge is -2.06. The summed E-state index contributed by atoms with van der Waals surface area (Å²) in [4.78, 5) is 11.9. The normalized spacial score (nSPS) is 11.8. The van der Waals surface area contributed by atoms with Gasteiger partial charge in [-0.1, -0.05) is 0 Å². The molecule has 19 heavy (non-hydrogen) atoms. The van der Waals surface area contributed by atoms with Crippen molar-refractivity contribution in [3.63, 3.8) is 0 Å². The molecule has 1 heterocycles. The molecule has 2 aromatic rings. The highest BCUT2D eigenvalue weighted by molar-refractivity contribution is 6.07. The molecule has 0 saturated carbocycles. The molecule has 0 spiro atoms. The first kappa shape index (κ1) is 13.4. The minimum Gasteiger partial charge on any atom is -0.282 e. The molecule has 4 nitrogen and oxygen atoms in total. The zero-order valence-corrected chi connectivity index (χ0v) is 10.4. The van der Waals surface area contributed by atoms with Crippen molar-refractivity contribution in [2.24, 2.45) is 7.05 Å². The van der Waals surface area contributed by atoms with Gasteiger partial charge < -0.3 is 0 Å². The van der Waals surface area contributed by atoms with E-state index in [-0.39, 0.29) is 5.69 Å². The Kier molecular flexibility index (Phi) is 3.26. The fourth-order valence-corrected chi connectivity index (χ4v) is 1.75. The Bertz CT molecular complexity index is 643. The first-order chi connectivity index (χ1) is 8.84. The molecule has 0 saturated heterocycles. The van der Waals surface area contributed by atoms with Crippen molar-refractivity contribution in [1.82, 2.24) is 14.3 Å². The third-order valence-corrected chi connectivity index (χ3v) is 2.83. The zero-order chi connectivity index (χ0) is 14.2. The van der Waals surface area contributed by atoms with Crippen molar-refractivity contribution < 1.29 is 13.2 Å². The Morgan fingerprint density at radius 1 is 1.26 bits per heavy atom. The summed E-state index contributed by atoms with van der Waals surface area (Å²) >= 11 is 0. The third-order valence-electron chi connectivity index (χ3n) is 2.83. The number of hydrogen-bond donors (Lipinski definition) is 0. The van der Waals surface area contributed by atoms with Crippen LogP contribution in [0.5, 0.6) is 0 Å². The van der Waals surface area contributed by atoms with Crippen molar-refractivity contribution in [3.05, 3.63) is 46.1 Å². The van der Waals surface area contributed by atoms with Gasteiger partial charge in [-0.25, -0.2) is 4.79 Å². The second-order valence-electron chi connectivity index (χ2n) is 4.07. The summed E-state index contributed by atoms with van der Waals surface area (Å²) in [6.45, 7) is 0. The van der Waals surface area contributed by atoms with Crippen molar-refractivity contribution in [1.29, 1.82) is 0 Å². The van der Waals surface area contributed by atoms with Crippen LogP contribution in [0.15, 0.2) is 29.1 Å². The van der Waals surface area contributed by atoms with Crippen molar-refractivity contribution >= 4 is 7.85 Å². The van der Waals surface area contributed by atoms with Gasteiger partial charge in [0.15, 0.2) is 0 Å². The van der Waals surface area contributed by atoms with Crippen LogP contribution in [0.4, 0.5) is 13.2 Å². The molecule has 1 aromatic heterocycles. The second-order valence-corrected chi connectivity index (χ2v) is 4.07. The number of alkyl halides is 3. The van der Waals surface area contributed by atoms with E-state index in [9.17, 15) is 18.0 Å². The highest BCUT2D eigenvalue weighted by Gasteiger charge is 2.30. The average molecular weight is 269 g/mol. The number of aromatic nitrogens is 3. The molecule has 0 fully saturated rings. The molecule has 1 aromatic carbocycles. The summed E-state index contributed by atoms with van der Waals surface area (Å²) in [6.07, 6.45) is -3.82. The first-order valence-electron chi connectivity index (χ1n) is 5.67. The van der Waals surface area contributed by atoms with Gasteiger partial charge in [0.1, 0.15) is 13.7 Å². The van der Waals surface area contributed by atoms with Gasteiger partial charge in [-0.2, -0.15) is 23.0 Å². The average Bonchev–Trinajstić information content (AvgIpc) is 2.65. The standard InChI is InChI=1S/C11H11BF3N3O/c1-17-9(6-12)16-18(10(17)19)8-4-2-7(3-5-8)11(13,14)15/h2-5H,6,12H2,1H3. The molecule has 0 radical (unpaired) electrons. The molecule has 2 rings (SSSR count). The fraction of sp³-hybridized carbons (Fsp3) is 0.273. The molecule has 0 unspecified atom stereocenters. The highest BCUT2D eigenvalue weighted by Crippen LogP contribution is 2.29. The Balaban J connectivity index is 2.46. The van der Waals surface area contributed by atoms with E-state index in [1.807, 2.05) is 7.85 Å². The lowest BCUT2D eigenvalue weighted by molar-refractivity contribution is -0.137. The molecule has 0 atom stereocenters. The second kappa shape index (κ2) is 4.60. The number of benzene rings is 1. The number of hydrogen-bond acceptors (Lipinski definition) is 2. The van der Waals surface area contributed by atoms with E-state index in [2.05, 4.69) is 5.10 Å². The lowest BCUT2D eigenvalue weighted by Crippen LogP contribution is -2.22. The topological polar surface area (TPSA) is 39.8 Å². The lowest BCUT2D eigenvalue weighted by atomic mass is 10.1. The number of nitrogens with zero attached hydrogens (tertiary/aromatic N) is 3. The molecule has 0 aliphatic rings. The van der Waals surface area contributed by atoms with E-state index in [0.717, 1.165) is 16.8 Å². The zero-order valence-electron chi connectivity index (χ0n) is 10.4. The van der Waals surface area contributed by atoms with E-state index in [4.69, 9.17) is 0 Å². The fourth-order valence-electron chi connectivity index (χ4n) is 1.75. The van der Waals surface area contributed by atoms with Gasteiger partial charge in [-0.05, 0) is 30.6 Å². The van der Waals surface area contributed by atoms with Crippen LogP contribution in [0.2, 0.25) is 0 Å².